The second kappa shape index (κ2) is 9.90. The predicted octanol–water partition coefficient (Wildman–Crippen LogP) is 5.77. The number of rotatable bonds is 6. The van der Waals surface area contributed by atoms with Crippen LogP contribution in [-0.4, -0.2) is 49.6 Å². The monoisotopic (exact) mass is 565 g/mol. The summed E-state index contributed by atoms with van der Waals surface area (Å²) in [6, 6.07) is 22.5. The summed E-state index contributed by atoms with van der Waals surface area (Å²) in [5.41, 5.74) is 6.56. The molecule has 0 aliphatic carbocycles. The number of benzene rings is 3. The Hall–Kier alpha value is -4.96. The Morgan fingerprint density at radius 1 is 0.976 bits per heavy atom. The molecule has 10 heteroatoms. The molecule has 2 N–H and O–H groups in total. The van der Waals surface area contributed by atoms with Gasteiger partial charge in [0.05, 0.1) is 23.0 Å². The zero-order valence-electron chi connectivity index (χ0n) is 22.9. The minimum Gasteiger partial charge on any atom is -0.455 e. The number of nitrogens with zero attached hydrogens (tertiary/aromatic N) is 3. The van der Waals surface area contributed by atoms with Crippen LogP contribution in [0.15, 0.2) is 83.4 Å². The number of furan rings is 1. The van der Waals surface area contributed by atoms with Crippen LogP contribution < -0.4 is 9.62 Å². The van der Waals surface area contributed by atoms with E-state index in [1.54, 1.807) is 19.3 Å². The molecule has 1 amide bonds. The molecule has 3 aromatic heterocycles. The molecule has 0 atom stereocenters. The van der Waals surface area contributed by atoms with Gasteiger partial charge in [0.25, 0.3) is 5.91 Å². The second-order valence-electron chi connectivity index (χ2n) is 9.89. The Bertz CT molecular complexity index is 2030. The van der Waals surface area contributed by atoms with Crippen LogP contribution in [0.25, 0.3) is 56.0 Å². The highest BCUT2D eigenvalue weighted by molar-refractivity contribution is 7.92. The number of aromatic amines is 1. The summed E-state index contributed by atoms with van der Waals surface area (Å²) < 4.78 is 32.9. The third-order valence-corrected chi connectivity index (χ3v) is 8.31. The van der Waals surface area contributed by atoms with E-state index in [1.165, 1.54) is 11.4 Å². The number of hydrogen-bond donors (Lipinski definition) is 2. The third-order valence-electron chi connectivity index (χ3n) is 7.12. The van der Waals surface area contributed by atoms with Gasteiger partial charge in [-0.3, -0.25) is 9.10 Å². The number of imidazole rings is 1. The number of carbonyl (C=O) groups is 1. The van der Waals surface area contributed by atoms with Crippen molar-refractivity contribution in [3.63, 3.8) is 0 Å². The molecular weight excluding hydrogens is 538 g/mol. The number of hydrogen-bond acceptors (Lipinski definition) is 6. The van der Waals surface area contributed by atoms with Crippen molar-refractivity contribution >= 4 is 43.8 Å². The van der Waals surface area contributed by atoms with E-state index in [0.717, 1.165) is 34.0 Å². The number of aromatic nitrogens is 3. The molecule has 41 heavy (non-hydrogen) atoms. The van der Waals surface area contributed by atoms with E-state index in [4.69, 9.17) is 4.42 Å². The number of carbonyl (C=O) groups excluding carboxylic acids is 1. The van der Waals surface area contributed by atoms with Crippen LogP contribution in [-0.2, 0) is 10.0 Å². The fraction of sp³-hybridized carbons (Fsp3) is 0.129. The van der Waals surface area contributed by atoms with E-state index < -0.39 is 10.0 Å². The van der Waals surface area contributed by atoms with Gasteiger partial charge in [-0.1, -0.05) is 48.0 Å². The fourth-order valence-corrected chi connectivity index (χ4v) is 5.39. The first-order chi connectivity index (χ1) is 19.6. The standard InChI is InChI=1S/C31H27N5O4S/c1-18-10-12-19(13-11-18)28-27(31(37)32-2)23-16-22(25(17-26(23)40-28)36(3)41(4,38)39)20-7-5-8-21(15-20)29-34-24-9-6-14-33-30(24)35-29/h5-17H,1-4H3,(H,32,37)(H,33,34,35). The average molecular weight is 566 g/mol. The largest absolute Gasteiger partial charge is 0.455 e. The molecule has 0 aliphatic heterocycles. The maximum atomic E-state index is 13.2. The summed E-state index contributed by atoms with van der Waals surface area (Å²) in [6.45, 7) is 1.98. The summed E-state index contributed by atoms with van der Waals surface area (Å²) in [7, 11) is -0.564. The Labute approximate surface area is 236 Å². The van der Waals surface area contributed by atoms with Crippen molar-refractivity contribution in [2.75, 3.05) is 24.7 Å². The quantitative estimate of drug-likeness (QED) is 0.265. The molecule has 3 aromatic carbocycles. The van der Waals surface area contributed by atoms with E-state index in [1.807, 2.05) is 73.7 Å². The van der Waals surface area contributed by atoms with Crippen LogP contribution >= 0.6 is 0 Å². The topological polar surface area (TPSA) is 121 Å². The molecule has 0 radical (unpaired) electrons. The maximum Gasteiger partial charge on any atom is 0.255 e. The number of fused-ring (bicyclic) bond motifs is 2. The van der Waals surface area contributed by atoms with E-state index in [-0.39, 0.29) is 5.91 Å². The van der Waals surface area contributed by atoms with Crippen LogP contribution in [0.1, 0.15) is 15.9 Å². The third kappa shape index (κ3) is 4.72. The van der Waals surface area contributed by atoms with Crippen molar-refractivity contribution in [3.05, 3.63) is 90.1 Å². The van der Waals surface area contributed by atoms with Crippen molar-refractivity contribution in [3.8, 4) is 33.8 Å². The molecule has 0 bridgehead atoms. The SMILES string of the molecule is CNC(=O)c1c(-c2ccc(C)cc2)oc2cc(N(C)S(C)(=O)=O)c(-c3cccc(-c4nc5ncccc5[nH]4)c3)cc12. The first-order valence-corrected chi connectivity index (χ1v) is 14.7. The van der Waals surface area contributed by atoms with Gasteiger partial charge in [-0.25, -0.2) is 18.4 Å². The average Bonchev–Trinajstić information content (AvgIpc) is 3.57. The van der Waals surface area contributed by atoms with Crippen molar-refractivity contribution in [2.45, 2.75) is 6.92 Å². The zero-order valence-corrected chi connectivity index (χ0v) is 23.7. The molecule has 3 heterocycles. The molecule has 0 fully saturated rings. The van der Waals surface area contributed by atoms with Crippen molar-refractivity contribution in [1.29, 1.82) is 0 Å². The summed E-state index contributed by atoms with van der Waals surface area (Å²) in [6.07, 6.45) is 2.83. The fourth-order valence-electron chi connectivity index (χ4n) is 4.88. The minimum atomic E-state index is -3.63. The Balaban J connectivity index is 1.61. The van der Waals surface area contributed by atoms with E-state index in [9.17, 15) is 13.2 Å². The number of amides is 1. The smallest absolute Gasteiger partial charge is 0.255 e. The van der Waals surface area contributed by atoms with Gasteiger partial charge in [-0.05, 0) is 36.8 Å². The molecule has 0 unspecified atom stereocenters. The lowest BCUT2D eigenvalue weighted by molar-refractivity contribution is 0.0964. The van der Waals surface area contributed by atoms with Crippen molar-refractivity contribution in [2.24, 2.45) is 0 Å². The molecular formula is C31H27N5O4S. The normalized spacial score (nSPS) is 11.7. The zero-order chi connectivity index (χ0) is 28.9. The highest BCUT2D eigenvalue weighted by atomic mass is 32.2. The molecule has 206 valence electrons. The first-order valence-electron chi connectivity index (χ1n) is 12.9. The van der Waals surface area contributed by atoms with Gasteiger partial charge in [0.1, 0.15) is 17.2 Å². The van der Waals surface area contributed by atoms with Crippen LogP contribution in [0, 0.1) is 6.92 Å². The van der Waals surface area contributed by atoms with Crippen molar-refractivity contribution in [1.82, 2.24) is 20.3 Å². The molecule has 9 nitrogen and oxygen atoms in total. The molecule has 0 aliphatic rings. The van der Waals surface area contributed by atoms with Gasteiger partial charge in [0.15, 0.2) is 5.65 Å². The number of nitrogens with one attached hydrogen (secondary N) is 2. The molecule has 0 saturated carbocycles. The van der Waals surface area contributed by atoms with Crippen LogP contribution in [0.4, 0.5) is 5.69 Å². The summed E-state index contributed by atoms with van der Waals surface area (Å²) in [5.74, 6) is 0.738. The van der Waals surface area contributed by atoms with Crippen LogP contribution in [0.5, 0.6) is 0 Å². The van der Waals surface area contributed by atoms with Gasteiger partial charge in [0, 0.05) is 48.4 Å². The highest BCUT2D eigenvalue weighted by Crippen LogP contribution is 2.42. The minimum absolute atomic E-state index is 0.307. The highest BCUT2D eigenvalue weighted by Gasteiger charge is 2.26. The van der Waals surface area contributed by atoms with Crippen LogP contribution in [0.3, 0.4) is 0 Å². The van der Waals surface area contributed by atoms with Gasteiger partial charge >= 0.3 is 0 Å². The van der Waals surface area contributed by atoms with E-state index in [0.29, 0.717) is 45.0 Å². The van der Waals surface area contributed by atoms with E-state index in [2.05, 4.69) is 20.3 Å². The van der Waals surface area contributed by atoms with Gasteiger partial charge < -0.3 is 14.7 Å². The van der Waals surface area contributed by atoms with Gasteiger partial charge in [0.2, 0.25) is 10.0 Å². The second-order valence-corrected chi connectivity index (χ2v) is 11.9. The van der Waals surface area contributed by atoms with Gasteiger partial charge in [-0.2, -0.15) is 0 Å². The Morgan fingerprint density at radius 2 is 1.73 bits per heavy atom. The lowest BCUT2D eigenvalue weighted by Crippen LogP contribution is -2.25. The lowest BCUT2D eigenvalue weighted by atomic mass is 9.97. The predicted molar refractivity (Wildman–Crippen MR) is 161 cm³/mol. The number of sulfonamides is 1. The Kier molecular flexibility index (Phi) is 6.34. The van der Waals surface area contributed by atoms with E-state index >= 15 is 0 Å². The summed E-state index contributed by atoms with van der Waals surface area (Å²) in [4.78, 5) is 25.4. The number of pyridine rings is 1. The van der Waals surface area contributed by atoms with Gasteiger partial charge in [-0.15, -0.1) is 0 Å². The molecule has 0 saturated heterocycles. The molecule has 0 spiro atoms. The van der Waals surface area contributed by atoms with Crippen LogP contribution in [0.2, 0.25) is 0 Å². The van der Waals surface area contributed by atoms with Crippen molar-refractivity contribution < 1.29 is 17.6 Å². The number of H-pyrrole nitrogens is 1. The number of aryl methyl sites for hydroxylation is 1. The first kappa shape index (κ1) is 26.3. The molecule has 6 aromatic rings. The lowest BCUT2D eigenvalue weighted by Gasteiger charge is -2.21. The summed E-state index contributed by atoms with van der Waals surface area (Å²) in [5, 5.41) is 3.29. The number of anilines is 1. The summed E-state index contributed by atoms with van der Waals surface area (Å²) >= 11 is 0. The molecule has 6 rings (SSSR count). The Morgan fingerprint density at radius 3 is 2.44 bits per heavy atom. The maximum absolute atomic E-state index is 13.2.